The van der Waals surface area contributed by atoms with Gasteiger partial charge in [-0.3, -0.25) is 0 Å². The fourth-order valence-corrected chi connectivity index (χ4v) is 4.96. The van der Waals surface area contributed by atoms with Crippen LogP contribution in [0.4, 0.5) is 0 Å². The van der Waals surface area contributed by atoms with Gasteiger partial charge in [0.25, 0.3) is 0 Å². The lowest BCUT2D eigenvalue weighted by molar-refractivity contribution is -0.0292. The van der Waals surface area contributed by atoms with Crippen LogP contribution in [0.3, 0.4) is 0 Å². The molecule has 1 unspecified atom stereocenters. The van der Waals surface area contributed by atoms with Crippen LogP contribution >= 0.6 is 0 Å². The summed E-state index contributed by atoms with van der Waals surface area (Å²) in [5.41, 5.74) is 6.18. The Kier molecular flexibility index (Phi) is 7.34. The summed E-state index contributed by atoms with van der Waals surface area (Å²) in [6.45, 7) is 18.2. The predicted octanol–water partition coefficient (Wildman–Crippen LogP) is 6.39. The molecule has 0 spiro atoms. The second kappa shape index (κ2) is 8.77. The minimum atomic E-state index is -1.73. The van der Waals surface area contributed by atoms with Crippen LogP contribution in [0.15, 0.2) is 34.4 Å². The van der Waals surface area contributed by atoms with Crippen LogP contribution in [0.1, 0.15) is 60.3 Å². The fraction of sp³-hybridized carbons (Fsp3) is 0.739. The first-order chi connectivity index (χ1) is 12.5. The van der Waals surface area contributed by atoms with Crippen molar-refractivity contribution < 1.29 is 13.9 Å². The first-order valence-electron chi connectivity index (χ1n) is 10.3. The van der Waals surface area contributed by atoms with Gasteiger partial charge in [0, 0.05) is 12.5 Å². The van der Waals surface area contributed by atoms with Gasteiger partial charge in [0.1, 0.15) is 6.79 Å². The molecule has 0 heterocycles. The molecule has 0 fully saturated rings. The molecule has 0 aromatic heterocycles. The Morgan fingerprint density at radius 3 is 2.56 bits per heavy atom. The first-order valence-corrected chi connectivity index (χ1v) is 13.2. The van der Waals surface area contributed by atoms with E-state index < -0.39 is 8.32 Å². The molecule has 0 saturated heterocycles. The summed E-state index contributed by atoms with van der Waals surface area (Å²) in [5.74, 6) is 0. The van der Waals surface area contributed by atoms with Gasteiger partial charge in [0.05, 0.1) is 13.2 Å². The van der Waals surface area contributed by atoms with Gasteiger partial charge >= 0.3 is 0 Å². The minimum Gasteiger partial charge on any atom is -0.413 e. The molecule has 2 aliphatic carbocycles. The number of ether oxygens (including phenoxy) is 2. The maximum absolute atomic E-state index is 6.55. The van der Waals surface area contributed by atoms with Gasteiger partial charge in [-0.25, -0.2) is 0 Å². The van der Waals surface area contributed by atoms with E-state index in [9.17, 15) is 0 Å². The third-order valence-corrected chi connectivity index (χ3v) is 11.4. The van der Waals surface area contributed by atoms with Gasteiger partial charge in [-0.1, -0.05) is 51.0 Å². The van der Waals surface area contributed by atoms with Crippen molar-refractivity contribution in [2.24, 2.45) is 5.41 Å². The average Bonchev–Trinajstić information content (AvgIpc) is 2.93. The van der Waals surface area contributed by atoms with Crippen molar-refractivity contribution in [3.05, 3.63) is 34.4 Å². The summed E-state index contributed by atoms with van der Waals surface area (Å²) < 4.78 is 17.0. The summed E-state index contributed by atoms with van der Waals surface area (Å²) in [5, 5.41) is 0.249. The Hall–Kier alpha value is -0.683. The number of hydrogen-bond donors (Lipinski definition) is 0. The molecule has 0 saturated carbocycles. The smallest absolute Gasteiger partial charge is 0.192 e. The van der Waals surface area contributed by atoms with Crippen molar-refractivity contribution in [1.82, 2.24) is 0 Å². The highest BCUT2D eigenvalue weighted by Gasteiger charge is 2.42. The lowest BCUT2D eigenvalue weighted by Gasteiger charge is -2.39. The van der Waals surface area contributed by atoms with Crippen LogP contribution in [0.25, 0.3) is 0 Å². The molecular weight excluding hydrogens is 352 g/mol. The monoisotopic (exact) mass is 392 g/mol. The molecule has 4 heteroatoms. The minimum absolute atomic E-state index is 0.173. The highest BCUT2D eigenvalue weighted by atomic mass is 28.4. The van der Waals surface area contributed by atoms with E-state index in [2.05, 4.69) is 59.9 Å². The van der Waals surface area contributed by atoms with Crippen LogP contribution in [-0.2, 0) is 13.9 Å². The Bertz CT molecular complexity index is 622. The molecule has 3 nitrogen and oxygen atoms in total. The van der Waals surface area contributed by atoms with Gasteiger partial charge in [-0.2, -0.15) is 0 Å². The standard InChI is InChI=1S/C23H40O3Si/c1-18(13-15-25-17-24-6)20-11-12-21-19(10-9-14-23(20,21)5)16-26-27(7,8)22(2,3)4/h10,12H,9,11,13-17H2,1-8H3/b20-18-. The van der Waals surface area contributed by atoms with Crippen molar-refractivity contribution in [3.8, 4) is 0 Å². The Morgan fingerprint density at radius 1 is 1.22 bits per heavy atom. The van der Waals surface area contributed by atoms with Gasteiger partial charge in [-0.05, 0) is 61.9 Å². The topological polar surface area (TPSA) is 27.7 Å². The summed E-state index contributed by atoms with van der Waals surface area (Å²) in [6, 6.07) is 0. The van der Waals surface area contributed by atoms with Gasteiger partial charge in [0.2, 0.25) is 0 Å². The molecule has 0 radical (unpaired) electrons. The van der Waals surface area contributed by atoms with E-state index >= 15 is 0 Å². The maximum atomic E-state index is 6.55. The number of fused-ring (bicyclic) bond motifs is 1. The fourth-order valence-electron chi connectivity index (χ4n) is 4.01. The molecular formula is C23H40O3Si. The van der Waals surface area contributed by atoms with Crippen molar-refractivity contribution in [3.63, 3.8) is 0 Å². The Balaban J connectivity index is 2.09. The predicted molar refractivity (Wildman–Crippen MR) is 116 cm³/mol. The van der Waals surface area contributed by atoms with E-state index in [4.69, 9.17) is 13.9 Å². The Morgan fingerprint density at radius 2 is 1.93 bits per heavy atom. The SMILES string of the molecule is COCOCC/C(C)=C1/CC=C2C(CO[Si](C)(C)C(C)(C)C)=CCCC21C. The summed E-state index contributed by atoms with van der Waals surface area (Å²) >= 11 is 0. The summed E-state index contributed by atoms with van der Waals surface area (Å²) in [6.07, 6.45) is 9.26. The van der Waals surface area contributed by atoms with Crippen LogP contribution in [0, 0.1) is 5.41 Å². The zero-order valence-electron chi connectivity index (χ0n) is 18.8. The zero-order chi connectivity index (χ0) is 20.3. The molecule has 0 bridgehead atoms. The van der Waals surface area contributed by atoms with E-state index in [0.29, 0.717) is 6.79 Å². The highest BCUT2D eigenvalue weighted by molar-refractivity contribution is 6.74. The van der Waals surface area contributed by atoms with Crippen LogP contribution in [-0.4, -0.2) is 35.4 Å². The normalized spacial score (nSPS) is 25.2. The van der Waals surface area contributed by atoms with Crippen molar-refractivity contribution >= 4 is 8.32 Å². The molecule has 0 aromatic carbocycles. The molecule has 2 rings (SSSR count). The molecule has 27 heavy (non-hydrogen) atoms. The van der Waals surface area contributed by atoms with Crippen LogP contribution in [0.5, 0.6) is 0 Å². The maximum Gasteiger partial charge on any atom is 0.192 e. The lowest BCUT2D eigenvalue weighted by Crippen LogP contribution is -2.41. The molecule has 0 amide bonds. The quantitative estimate of drug-likeness (QED) is 0.207. The number of hydrogen-bond acceptors (Lipinski definition) is 3. The van der Waals surface area contributed by atoms with E-state index in [1.807, 2.05) is 0 Å². The van der Waals surface area contributed by atoms with E-state index in [-0.39, 0.29) is 10.5 Å². The largest absolute Gasteiger partial charge is 0.413 e. The van der Waals surface area contributed by atoms with E-state index in [0.717, 1.165) is 32.5 Å². The summed E-state index contributed by atoms with van der Waals surface area (Å²) in [4.78, 5) is 0. The van der Waals surface area contributed by atoms with Gasteiger partial charge < -0.3 is 13.9 Å². The van der Waals surface area contributed by atoms with E-state index in [1.165, 1.54) is 23.1 Å². The van der Waals surface area contributed by atoms with Crippen molar-refractivity contribution in [2.75, 3.05) is 27.1 Å². The molecule has 2 aliphatic rings. The van der Waals surface area contributed by atoms with Gasteiger partial charge in [-0.15, -0.1) is 0 Å². The van der Waals surface area contributed by atoms with Crippen LogP contribution < -0.4 is 0 Å². The van der Waals surface area contributed by atoms with Crippen molar-refractivity contribution in [2.45, 2.75) is 78.4 Å². The van der Waals surface area contributed by atoms with Crippen LogP contribution in [0.2, 0.25) is 18.1 Å². The molecule has 154 valence electrons. The highest BCUT2D eigenvalue weighted by Crippen LogP contribution is 2.53. The van der Waals surface area contributed by atoms with Gasteiger partial charge in [0.15, 0.2) is 8.32 Å². The third kappa shape index (κ3) is 5.03. The lowest BCUT2D eigenvalue weighted by atomic mass is 9.69. The number of methoxy groups -OCH3 is 1. The van der Waals surface area contributed by atoms with Crippen molar-refractivity contribution in [1.29, 1.82) is 0 Å². The number of rotatable bonds is 8. The third-order valence-electron chi connectivity index (χ3n) is 6.88. The zero-order valence-corrected chi connectivity index (χ0v) is 19.8. The molecule has 0 aliphatic heterocycles. The summed E-state index contributed by atoms with van der Waals surface area (Å²) in [7, 11) is -0.0620. The second-order valence-electron chi connectivity index (χ2n) is 9.79. The number of allylic oxidation sites excluding steroid dienone is 3. The second-order valence-corrected chi connectivity index (χ2v) is 14.6. The average molecular weight is 393 g/mol. The molecule has 1 atom stereocenters. The molecule has 0 N–H and O–H groups in total. The Labute approximate surface area is 168 Å². The first kappa shape index (κ1) is 22.6. The molecule has 0 aromatic rings. The van der Waals surface area contributed by atoms with E-state index in [1.54, 1.807) is 12.7 Å².